The third-order valence-corrected chi connectivity index (χ3v) is 3.74. The lowest BCUT2D eigenvalue weighted by atomic mass is 9.89. The molecule has 14 heavy (non-hydrogen) atoms. The molecule has 2 atom stereocenters. The summed E-state index contributed by atoms with van der Waals surface area (Å²) in [6.45, 7) is 12.6. The zero-order valence-corrected chi connectivity index (χ0v) is 10.6. The predicted molar refractivity (Wildman–Crippen MR) is 60.6 cm³/mol. The van der Waals surface area contributed by atoms with Crippen LogP contribution in [0.5, 0.6) is 0 Å². The summed E-state index contributed by atoms with van der Waals surface area (Å²) < 4.78 is 5.60. The number of likely N-dealkylation sites (tertiary alicyclic amines) is 1. The molecule has 2 unspecified atom stereocenters. The Bertz CT molecular complexity index is 197. The first-order valence-corrected chi connectivity index (χ1v) is 5.66. The van der Waals surface area contributed by atoms with Crippen molar-refractivity contribution in [3.8, 4) is 0 Å². The van der Waals surface area contributed by atoms with Crippen molar-refractivity contribution in [2.45, 2.75) is 64.6 Å². The van der Waals surface area contributed by atoms with Crippen molar-refractivity contribution in [2.75, 3.05) is 13.7 Å². The molecule has 1 saturated heterocycles. The van der Waals surface area contributed by atoms with Crippen molar-refractivity contribution in [3.63, 3.8) is 0 Å². The van der Waals surface area contributed by atoms with Gasteiger partial charge in [0.05, 0.1) is 6.10 Å². The minimum absolute atomic E-state index is 0.215. The molecule has 0 aromatic carbocycles. The van der Waals surface area contributed by atoms with Crippen LogP contribution in [0.4, 0.5) is 0 Å². The van der Waals surface area contributed by atoms with Gasteiger partial charge < -0.3 is 4.74 Å². The second-order valence-electron chi connectivity index (χ2n) is 5.55. The fourth-order valence-corrected chi connectivity index (χ4v) is 2.88. The van der Waals surface area contributed by atoms with E-state index >= 15 is 0 Å². The van der Waals surface area contributed by atoms with Gasteiger partial charge in [-0.05, 0) is 40.5 Å². The van der Waals surface area contributed by atoms with Crippen molar-refractivity contribution >= 4 is 0 Å². The maximum absolute atomic E-state index is 5.60. The van der Waals surface area contributed by atoms with E-state index in [4.69, 9.17) is 4.74 Å². The Kier molecular flexibility index (Phi) is 3.27. The highest BCUT2D eigenvalue weighted by molar-refractivity contribution is 5.03. The topological polar surface area (TPSA) is 12.5 Å². The molecule has 2 nitrogen and oxygen atoms in total. The number of hydrogen-bond acceptors (Lipinski definition) is 2. The molecular weight excluding hydrogens is 174 g/mol. The molecule has 0 amide bonds. The monoisotopic (exact) mass is 199 g/mol. The van der Waals surface area contributed by atoms with Crippen LogP contribution in [-0.2, 0) is 4.74 Å². The first kappa shape index (κ1) is 12.0. The Balaban J connectivity index is 2.90. The van der Waals surface area contributed by atoms with Crippen molar-refractivity contribution in [1.29, 1.82) is 0 Å². The first-order chi connectivity index (χ1) is 6.36. The third-order valence-electron chi connectivity index (χ3n) is 3.74. The van der Waals surface area contributed by atoms with Crippen molar-refractivity contribution in [2.24, 2.45) is 0 Å². The summed E-state index contributed by atoms with van der Waals surface area (Å²) in [5.41, 5.74) is 0.463. The number of rotatable bonds is 2. The van der Waals surface area contributed by atoms with E-state index in [2.05, 4.69) is 39.5 Å². The van der Waals surface area contributed by atoms with Crippen LogP contribution in [0, 0.1) is 0 Å². The smallest absolute Gasteiger partial charge is 0.0764 e. The number of ether oxygens (including phenoxy) is 1. The van der Waals surface area contributed by atoms with Gasteiger partial charge in [0.15, 0.2) is 0 Å². The zero-order chi connectivity index (χ0) is 11.0. The van der Waals surface area contributed by atoms with Gasteiger partial charge in [0.1, 0.15) is 0 Å². The molecule has 1 rings (SSSR count). The molecule has 1 fully saturated rings. The van der Waals surface area contributed by atoms with Crippen molar-refractivity contribution < 1.29 is 4.74 Å². The molecule has 0 spiro atoms. The summed E-state index contributed by atoms with van der Waals surface area (Å²) >= 11 is 0. The first-order valence-electron chi connectivity index (χ1n) is 5.66. The van der Waals surface area contributed by atoms with Crippen LogP contribution < -0.4 is 0 Å². The molecule has 84 valence electrons. The molecule has 0 radical (unpaired) electrons. The molecule has 0 aromatic rings. The summed E-state index contributed by atoms with van der Waals surface area (Å²) in [6, 6.07) is 0. The van der Waals surface area contributed by atoms with Gasteiger partial charge in [-0.2, -0.15) is 0 Å². The average molecular weight is 199 g/mol. The van der Waals surface area contributed by atoms with Gasteiger partial charge in [0.25, 0.3) is 0 Å². The van der Waals surface area contributed by atoms with E-state index in [1.165, 1.54) is 0 Å². The SMILES string of the molecule is CCC1(C)C(OC)CCN1C(C)(C)C. The highest BCUT2D eigenvalue weighted by Gasteiger charge is 2.47. The van der Waals surface area contributed by atoms with Crippen molar-refractivity contribution in [3.05, 3.63) is 0 Å². The maximum Gasteiger partial charge on any atom is 0.0764 e. The minimum Gasteiger partial charge on any atom is -0.379 e. The van der Waals surface area contributed by atoms with Gasteiger partial charge in [-0.1, -0.05) is 6.92 Å². The van der Waals surface area contributed by atoms with Crippen LogP contribution in [-0.4, -0.2) is 35.7 Å². The Morgan fingerprint density at radius 1 is 1.43 bits per heavy atom. The van der Waals surface area contributed by atoms with Gasteiger partial charge in [-0.15, -0.1) is 0 Å². The number of hydrogen-bond donors (Lipinski definition) is 0. The largest absolute Gasteiger partial charge is 0.379 e. The van der Waals surface area contributed by atoms with Gasteiger partial charge >= 0.3 is 0 Å². The fraction of sp³-hybridized carbons (Fsp3) is 1.00. The van der Waals surface area contributed by atoms with Gasteiger partial charge in [-0.25, -0.2) is 0 Å². The summed E-state index contributed by atoms with van der Waals surface area (Å²) in [4.78, 5) is 2.59. The second kappa shape index (κ2) is 3.82. The summed E-state index contributed by atoms with van der Waals surface area (Å²) in [5.74, 6) is 0. The quantitative estimate of drug-likeness (QED) is 0.678. The van der Waals surface area contributed by atoms with Gasteiger partial charge in [0, 0.05) is 24.7 Å². The highest BCUT2D eigenvalue weighted by Crippen LogP contribution is 2.38. The molecular formula is C12H25NO. The minimum atomic E-state index is 0.215. The lowest BCUT2D eigenvalue weighted by Crippen LogP contribution is -2.55. The second-order valence-corrected chi connectivity index (χ2v) is 5.55. The van der Waals surface area contributed by atoms with E-state index < -0.39 is 0 Å². The van der Waals surface area contributed by atoms with Gasteiger partial charge in [0.2, 0.25) is 0 Å². The average Bonchev–Trinajstić information content (AvgIpc) is 2.42. The molecule has 0 bridgehead atoms. The maximum atomic E-state index is 5.60. The fourth-order valence-electron chi connectivity index (χ4n) is 2.88. The van der Waals surface area contributed by atoms with E-state index in [0.29, 0.717) is 6.10 Å². The van der Waals surface area contributed by atoms with Crippen LogP contribution in [0.15, 0.2) is 0 Å². The Morgan fingerprint density at radius 3 is 2.36 bits per heavy atom. The molecule has 2 heteroatoms. The number of nitrogens with zero attached hydrogens (tertiary/aromatic N) is 1. The predicted octanol–water partition coefficient (Wildman–Crippen LogP) is 2.67. The van der Waals surface area contributed by atoms with E-state index in [1.807, 2.05) is 7.11 Å². The number of methoxy groups -OCH3 is 1. The Labute approximate surface area is 88.6 Å². The molecule has 1 heterocycles. The standard InChI is InChI=1S/C12H25NO/c1-7-12(5)10(14-6)8-9-13(12)11(2,3)4/h10H,7-9H2,1-6H3. The highest BCUT2D eigenvalue weighted by atomic mass is 16.5. The summed E-state index contributed by atoms with van der Waals surface area (Å²) in [6.07, 6.45) is 2.72. The van der Waals surface area contributed by atoms with Crippen LogP contribution >= 0.6 is 0 Å². The van der Waals surface area contributed by atoms with Crippen LogP contribution in [0.1, 0.15) is 47.5 Å². The summed E-state index contributed by atoms with van der Waals surface area (Å²) in [7, 11) is 1.84. The normalized spacial score (nSPS) is 35.1. The zero-order valence-electron chi connectivity index (χ0n) is 10.6. The molecule has 0 N–H and O–H groups in total. The molecule has 0 aliphatic carbocycles. The Hall–Kier alpha value is -0.0800. The third kappa shape index (κ3) is 1.82. The van der Waals surface area contributed by atoms with Crippen LogP contribution in [0.25, 0.3) is 0 Å². The molecule has 0 saturated carbocycles. The lowest BCUT2D eigenvalue weighted by molar-refractivity contribution is -0.0289. The van der Waals surface area contributed by atoms with Crippen molar-refractivity contribution in [1.82, 2.24) is 4.90 Å². The van der Waals surface area contributed by atoms with E-state index in [1.54, 1.807) is 0 Å². The molecule has 0 aromatic heterocycles. The summed E-state index contributed by atoms with van der Waals surface area (Å²) in [5, 5.41) is 0. The van der Waals surface area contributed by atoms with E-state index in [0.717, 1.165) is 19.4 Å². The molecule has 1 aliphatic rings. The lowest BCUT2D eigenvalue weighted by Gasteiger charge is -2.45. The van der Waals surface area contributed by atoms with E-state index in [-0.39, 0.29) is 11.1 Å². The van der Waals surface area contributed by atoms with Crippen LogP contribution in [0.3, 0.4) is 0 Å². The molecule has 1 aliphatic heterocycles. The Morgan fingerprint density at radius 2 is 2.00 bits per heavy atom. The van der Waals surface area contributed by atoms with E-state index in [9.17, 15) is 0 Å². The van der Waals surface area contributed by atoms with Gasteiger partial charge in [-0.3, -0.25) is 4.90 Å². The van der Waals surface area contributed by atoms with Crippen LogP contribution in [0.2, 0.25) is 0 Å².